The number of ether oxygens (including phenoxy) is 1. The molecule has 0 radical (unpaired) electrons. The Morgan fingerprint density at radius 2 is 1.96 bits per heavy atom. The number of urea groups is 1. The maximum absolute atomic E-state index is 13.7. The largest absolute Gasteiger partial charge is 0.448 e. The predicted octanol–water partition coefficient (Wildman–Crippen LogP) is 3.74. The van der Waals surface area contributed by atoms with Crippen LogP contribution in [0.25, 0.3) is 10.1 Å². The molecule has 6 nitrogen and oxygen atoms in total. The van der Waals surface area contributed by atoms with Gasteiger partial charge in [-0.25, -0.2) is 14.0 Å². The number of hydrogen-bond donors (Lipinski definition) is 2. The summed E-state index contributed by atoms with van der Waals surface area (Å²) in [5.74, 6) is -1.86. The van der Waals surface area contributed by atoms with Crippen molar-refractivity contribution in [1.82, 2.24) is 10.6 Å². The zero-order chi connectivity index (χ0) is 19.4. The van der Waals surface area contributed by atoms with Crippen molar-refractivity contribution in [2.75, 3.05) is 0 Å². The summed E-state index contributed by atoms with van der Waals surface area (Å²) in [6.45, 7) is 1.38. The van der Waals surface area contributed by atoms with Gasteiger partial charge in [-0.3, -0.25) is 10.1 Å². The maximum Gasteiger partial charge on any atom is 0.349 e. The maximum atomic E-state index is 13.7. The number of esters is 1. The van der Waals surface area contributed by atoms with E-state index in [0.29, 0.717) is 10.1 Å². The second kappa shape index (κ2) is 8.47. The summed E-state index contributed by atoms with van der Waals surface area (Å²) in [5.41, 5.74) is 0. The minimum atomic E-state index is -1.15. The quantitative estimate of drug-likeness (QED) is 0.776. The molecular weight excluding hydrogens is 371 g/mol. The second-order valence-corrected chi connectivity index (χ2v) is 7.69. The molecule has 0 unspecified atom stereocenters. The summed E-state index contributed by atoms with van der Waals surface area (Å²) in [6.07, 6.45) is 3.92. The first-order valence-corrected chi connectivity index (χ1v) is 9.76. The summed E-state index contributed by atoms with van der Waals surface area (Å²) in [5, 5.41) is 5.29. The van der Waals surface area contributed by atoms with Crippen LogP contribution in [0.4, 0.5) is 9.18 Å². The van der Waals surface area contributed by atoms with Crippen molar-refractivity contribution in [3.05, 3.63) is 35.0 Å². The fourth-order valence-corrected chi connectivity index (χ4v) is 4.04. The van der Waals surface area contributed by atoms with Crippen molar-refractivity contribution in [3.63, 3.8) is 0 Å². The molecule has 0 saturated heterocycles. The van der Waals surface area contributed by atoms with Crippen LogP contribution in [0, 0.1) is 5.82 Å². The average Bonchev–Trinajstić information content (AvgIpc) is 3.08. The number of nitrogens with one attached hydrogen (secondary N) is 2. The van der Waals surface area contributed by atoms with Crippen LogP contribution >= 0.6 is 11.3 Å². The number of halogens is 1. The van der Waals surface area contributed by atoms with Gasteiger partial charge in [-0.05, 0) is 38.0 Å². The molecule has 3 rings (SSSR count). The van der Waals surface area contributed by atoms with Gasteiger partial charge in [-0.1, -0.05) is 25.3 Å². The molecule has 0 bridgehead atoms. The molecule has 144 valence electrons. The normalized spacial score (nSPS) is 15.9. The Morgan fingerprint density at radius 3 is 2.67 bits per heavy atom. The summed E-state index contributed by atoms with van der Waals surface area (Å²) in [6, 6.07) is 5.45. The molecule has 0 spiro atoms. The van der Waals surface area contributed by atoms with Gasteiger partial charge in [0.15, 0.2) is 6.10 Å². The van der Waals surface area contributed by atoms with Crippen LogP contribution in [-0.2, 0) is 9.53 Å². The molecule has 0 aliphatic heterocycles. The number of imide groups is 1. The Morgan fingerprint density at radius 1 is 1.22 bits per heavy atom. The fourth-order valence-electron chi connectivity index (χ4n) is 3.08. The van der Waals surface area contributed by atoms with E-state index in [0.717, 1.165) is 43.4 Å². The molecule has 1 aliphatic rings. The van der Waals surface area contributed by atoms with Crippen LogP contribution in [0.1, 0.15) is 48.7 Å². The summed E-state index contributed by atoms with van der Waals surface area (Å²) in [4.78, 5) is 36.4. The lowest BCUT2D eigenvalue weighted by Gasteiger charge is -2.23. The molecule has 1 aromatic heterocycles. The molecular formula is C19H21FN2O4S. The number of carbonyl (C=O) groups excluding carboxylic acids is 3. The van der Waals surface area contributed by atoms with E-state index in [-0.39, 0.29) is 10.9 Å². The van der Waals surface area contributed by atoms with Gasteiger partial charge in [-0.15, -0.1) is 11.3 Å². The topological polar surface area (TPSA) is 84.5 Å². The van der Waals surface area contributed by atoms with Gasteiger partial charge in [0, 0.05) is 16.1 Å². The van der Waals surface area contributed by atoms with Crippen molar-refractivity contribution < 1.29 is 23.5 Å². The van der Waals surface area contributed by atoms with Crippen molar-refractivity contribution in [3.8, 4) is 0 Å². The molecule has 2 aromatic rings. The molecule has 8 heteroatoms. The number of carbonyl (C=O) groups is 3. The van der Waals surface area contributed by atoms with Crippen LogP contribution in [0.5, 0.6) is 0 Å². The third-order valence-corrected chi connectivity index (χ3v) is 5.62. The van der Waals surface area contributed by atoms with Crippen LogP contribution in [0.15, 0.2) is 24.3 Å². The second-order valence-electron chi connectivity index (χ2n) is 6.61. The van der Waals surface area contributed by atoms with E-state index in [4.69, 9.17) is 4.74 Å². The Labute approximate surface area is 160 Å². The monoisotopic (exact) mass is 392 g/mol. The van der Waals surface area contributed by atoms with Crippen molar-refractivity contribution in [1.29, 1.82) is 0 Å². The predicted molar refractivity (Wildman–Crippen MR) is 100 cm³/mol. The molecule has 1 atom stereocenters. The van der Waals surface area contributed by atoms with Crippen molar-refractivity contribution in [2.24, 2.45) is 0 Å². The van der Waals surface area contributed by atoms with Crippen LogP contribution in [-0.4, -0.2) is 30.1 Å². The zero-order valence-electron chi connectivity index (χ0n) is 14.9. The molecule has 1 aromatic carbocycles. The minimum Gasteiger partial charge on any atom is -0.448 e. The molecule has 1 fully saturated rings. The third kappa shape index (κ3) is 4.82. The average molecular weight is 392 g/mol. The number of hydrogen-bond acceptors (Lipinski definition) is 5. The van der Waals surface area contributed by atoms with Crippen molar-refractivity contribution >= 4 is 39.3 Å². The number of thiophene rings is 1. The fraction of sp³-hybridized carbons (Fsp3) is 0.421. The zero-order valence-corrected chi connectivity index (χ0v) is 15.7. The number of fused-ring (bicyclic) bond motifs is 1. The number of rotatable bonds is 4. The van der Waals surface area contributed by atoms with Gasteiger partial charge >= 0.3 is 12.0 Å². The smallest absolute Gasteiger partial charge is 0.349 e. The van der Waals surface area contributed by atoms with E-state index in [1.807, 2.05) is 0 Å². The minimum absolute atomic E-state index is 0.0675. The molecule has 3 amide bonds. The van der Waals surface area contributed by atoms with Gasteiger partial charge in [0.05, 0.1) is 0 Å². The van der Waals surface area contributed by atoms with Crippen molar-refractivity contribution in [2.45, 2.75) is 51.2 Å². The molecule has 2 N–H and O–H groups in total. The lowest BCUT2D eigenvalue weighted by Crippen LogP contribution is -2.48. The van der Waals surface area contributed by atoms with E-state index < -0.39 is 29.8 Å². The van der Waals surface area contributed by atoms with E-state index in [2.05, 4.69) is 10.6 Å². The van der Waals surface area contributed by atoms with Crippen LogP contribution in [0.2, 0.25) is 0 Å². The highest BCUT2D eigenvalue weighted by atomic mass is 32.1. The Balaban J connectivity index is 1.54. The first-order valence-electron chi connectivity index (χ1n) is 8.94. The van der Waals surface area contributed by atoms with Crippen LogP contribution in [0.3, 0.4) is 0 Å². The van der Waals surface area contributed by atoms with Gasteiger partial charge in [0.2, 0.25) is 0 Å². The Bertz CT molecular complexity index is 861. The molecule has 1 saturated carbocycles. The third-order valence-electron chi connectivity index (χ3n) is 4.54. The van der Waals surface area contributed by atoms with E-state index in [1.165, 1.54) is 19.1 Å². The first-order chi connectivity index (χ1) is 12.9. The van der Waals surface area contributed by atoms with Gasteiger partial charge in [0.25, 0.3) is 5.91 Å². The van der Waals surface area contributed by atoms with Gasteiger partial charge < -0.3 is 10.1 Å². The number of benzene rings is 1. The highest BCUT2D eigenvalue weighted by molar-refractivity contribution is 7.20. The van der Waals surface area contributed by atoms with Gasteiger partial charge in [0.1, 0.15) is 10.7 Å². The molecule has 1 aliphatic carbocycles. The molecule has 27 heavy (non-hydrogen) atoms. The van der Waals surface area contributed by atoms with E-state index in [1.54, 1.807) is 12.1 Å². The Hall–Kier alpha value is -2.48. The summed E-state index contributed by atoms with van der Waals surface area (Å²) < 4.78 is 19.5. The summed E-state index contributed by atoms with van der Waals surface area (Å²) in [7, 11) is 0. The first kappa shape index (κ1) is 19.3. The lowest BCUT2D eigenvalue weighted by molar-refractivity contribution is -0.127. The number of amides is 3. The van der Waals surface area contributed by atoms with E-state index in [9.17, 15) is 18.8 Å². The standard InChI is InChI=1S/C19H21FN2O4S/c1-11(17(23)22-19(25)21-12-6-3-2-4-7-12)26-18(24)16-10-13-14(20)8-5-9-15(13)27-16/h5,8-12H,2-4,6-7H2,1H3,(H2,21,22,23,25)/t11-/m0/s1. The SMILES string of the molecule is C[C@H](OC(=O)c1cc2c(F)cccc2s1)C(=O)NC(=O)NC1CCCCC1. The highest BCUT2D eigenvalue weighted by Crippen LogP contribution is 2.28. The summed E-state index contributed by atoms with van der Waals surface area (Å²) >= 11 is 1.08. The van der Waals surface area contributed by atoms with Crippen LogP contribution < -0.4 is 10.6 Å². The highest BCUT2D eigenvalue weighted by Gasteiger charge is 2.23. The Kier molecular flexibility index (Phi) is 6.05. The molecule has 1 heterocycles. The van der Waals surface area contributed by atoms with E-state index >= 15 is 0 Å². The van der Waals surface area contributed by atoms with Gasteiger partial charge in [-0.2, -0.15) is 0 Å². The lowest BCUT2D eigenvalue weighted by atomic mass is 9.96.